The Balaban J connectivity index is 3.76. The van der Waals surface area contributed by atoms with Crippen molar-refractivity contribution in [3.05, 3.63) is 0 Å². The maximum atomic E-state index is 3.88. The Hall–Kier alpha value is 0.960. The number of halogens is 2. The number of unbranched alkanes of at least 4 members (excludes halogenated alkanes) is 1. The molecule has 92 valence electrons. The van der Waals surface area contributed by atoms with Gasteiger partial charge in [-0.1, -0.05) is 71.9 Å². The molecular formula is C13H26Br2. The standard InChI is InChI=1S/C13H26Br2/c1-4-6-7-12(5-2)13(15)9-8-11(3)10-14/h11-13H,4-10H2,1-3H3. The summed E-state index contributed by atoms with van der Waals surface area (Å²) in [6.07, 6.45) is 8.09. The fourth-order valence-electron chi connectivity index (χ4n) is 1.86. The van der Waals surface area contributed by atoms with Gasteiger partial charge in [0.05, 0.1) is 0 Å². The molecule has 0 aliphatic heterocycles. The Bertz CT molecular complexity index is 136. The zero-order chi connectivity index (χ0) is 11.7. The highest BCUT2D eigenvalue weighted by Crippen LogP contribution is 2.27. The Morgan fingerprint density at radius 3 is 2.20 bits per heavy atom. The van der Waals surface area contributed by atoms with E-state index in [0.717, 1.165) is 22.0 Å². The van der Waals surface area contributed by atoms with Crippen LogP contribution in [0.1, 0.15) is 59.3 Å². The minimum atomic E-state index is 0.732. The van der Waals surface area contributed by atoms with Crippen LogP contribution in [0.15, 0.2) is 0 Å². The molecule has 0 amide bonds. The highest BCUT2D eigenvalue weighted by Gasteiger charge is 2.17. The van der Waals surface area contributed by atoms with Crippen LogP contribution >= 0.6 is 31.9 Å². The van der Waals surface area contributed by atoms with Crippen LogP contribution in [-0.2, 0) is 0 Å². The maximum absolute atomic E-state index is 3.88. The van der Waals surface area contributed by atoms with Crippen molar-refractivity contribution < 1.29 is 0 Å². The first kappa shape index (κ1) is 16.0. The van der Waals surface area contributed by atoms with E-state index in [2.05, 4.69) is 52.6 Å². The maximum Gasteiger partial charge on any atom is 0.0174 e. The molecule has 0 spiro atoms. The van der Waals surface area contributed by atoms with Crippen LogP contribution in [-0.4, -0.2) is 10.2 Å². The lowest BCUT2D eigenvalue weighted by Crippen LogP contribution is -2.15. The summed E-state index contributed by atoms with van der Waals surface area (Å²) in [6.45, 7) is 6.92. The molecule has 0 saturated carbocycles. The zero-order valence-electron chi connectivity index (χ0n) is 10.4. The summed E-state index contributed by atoms with van der Waals surface area (Å²) < 4.78 is 0. The van der Waals surface area contributed by atoms with Crippen LogP contribution in [0.25, 0.3) is 0 Å². The van der Waals surface area contributed by atoms with Gasteiger partial charge >= 0.3 is 0 Å². The van der Waals surface area contributed by atoms with Crippen molar-refractivity contribution in [1.82, 2.24) is 0 Å². The van der Waals surface area contributed by atoms with Gasteiger partial charge in [-0.15, -0.1) is 0 Å². The molecular weight excluding hydrogens is 316 g/mol. The van der Waals surface area contributed by atoms with Crippen molar-refractivity contribution in [2.45, 2.75) is 64.1 Å². The third kappa shape index (κ3) is 7.79. The predicted molar refractivity (Wildman–Crippen MR) is 78.2 cm³/mol. The molecule has 0 aromatic rings. The molecule has 0 saturated heterocycles. The molecule has 2 heteroatoms. The van der Waals surface area contributed by atoms with Gasteiger partial charge in [0.1, 0.15) is 0 Å². The molecule has 0 heterocycles. The molecule has 0 aliphatic rings. The monoisotopic (exact) mass is 340 g/mol. The third-order valence-corrected chi connectivity index (χ3v) is 5.47. The zero-order valence-corrected chi connectivity index (χ0v) is 13.6. The van der Waals surface area contributed by atoms with Gasteiger partial charge in [-0.2, -0.15) is 0 Å². The summed E-state index contributed by atoms with van der Waals surface area (Å²) in [4.78, 5) is 0.732. The summed E-state index contributed by atoms with van der Waals surface area (Å²) in [5.41, 5.74) is 0. The topological polar surface area (TPSA) is 0 Å². The molecule has 0 N–H and O–H groups in total. The van der Waals surface area contributed by atoms with E-state index in [0.29, 0.717) is 0 Å². The summed E-state index contributed by atoms with van der Waals surface area (Å²) in [5.74, 6) is 1.70. The summed E-state index contributed by atoms with van der Waals surface area (Å²) in [5, 5.41) is 1.14. The average Bonchev–Trinajstić information content (AvgIpc) is 2.26. The number of hydrogen-bond acceptors (Lipinski definition) is 0. The minimum Gasteiger partial charge on any atom is -0.0925 e. The first-order valence-corrected chi connectivity index (χ1v) is 8.39. The largest absolute Gasteiger partial charge is 0.0925 e. The van der Waals surface area contributed by atoms with Gasteiger partial charge in [-0.3, -0.25) is 0 Å². The van der Waals surface area contributed by atoms with E-state index in [1.54, 1.807) is 0 Å². The van der Waals surface area contributed by atoms with Crippen molar-refractivity contribution in [1.29, 1.82) is 0 Å². The van der Waals surface area contributed by atoms with Crippen molar-refractivity contribution >= 4 is 31.9 Å². The molecule has 15 heavy (non-hydrogen) atoms. The Kier molecular flexibility index (Phi) is 10.8. The normalized spacial score (nSPS) is 17.4. The molecule has 3 unspecified atom stereocenters. The van der Waals surface area contributed by atoms with E-state index < -0.39 is 0 Å². The van der Waals surface area contributed by atoms with Gasteiger partial charge in [0.2, 0.25) is 0 Å². The second-order valence-electron chi connectivity index (χ2n) is 4.66. The molecule has 0 radical (unpaired) electrons. The lowest BCUT2D eigenvalue weighted by molar-refractivity contribution is 0.406. The van der Waals surface area contributed by atoms with Gasteiger partial charge in [0.15, 0.2) is 0 Å². The van der Waals surface area contributed by atoms with Crippen LogP contribution in [0.5, 0.6) is 0 Å². The van der Waals surface area contributed by atoms with Crippen LogP contribution in [0.2, 0.25) is 0 Å². The van der Waals surface area contributed by atoms with E-state index in [1.807, 2.05) is 0 Å². The lowest BCUT2D eigenvalue weighted by Gasteiger charge is -2.22. The van der Waals surface area contributed by atoms with Crippen LogP contribution in [0.3, 0.4) is 0 Å². The Morgan fingerprint density at radius 2 is 1.73 bits per heavy atom. The van der Waals surface area contributed by atoms with Crippen LogP contribution in [0.4, 0.5) is 0 Å². The van der Waals surface area contributed by atoms with Gasteiger partial charge in [-0.05, 0) is 31.1 Å². The Morgan fingerprint density at radius 1 is 1.07 bits per heavy atom. The average molecular weight is 342 g/mol. The third-order valence-electron chi connectivity index (χ3n) is 3.16. The number of hydrogen-bond donors (Lipinski definition) is 0. The highest BCUT2D eigenvalue weighted by atomic mass is 79.9. The first-order valence-electron chi connectivity index (χ1n) is 6.35. The van der Waals surface area contributed by atoms with Crippen molar-refractivity contribution in [3.8, 4) is 0 Å². The van der Waals surface area contributed by atoms with Crippen LogP contribution < -0.4 is 0 Å². The van der Waals surface area contributed by atoms with E-state index in [-0.39, 0.29) is 0 Å². The SMILES string of the molecule is CCCCC(CC)C(Br)CCC(C)CBr. The smallest absolute Gasteiger partial charge is 0.0174 e. The minimum absolute atomic E-state index is 0.732. The van der Waals surface area contributed by atoms with Gasteiger partial charge < -0.3 is 0 Å². The van der Waals surface area contributed by atoms with E-state index >= 15 is 0 Å². The molecule has 0 aliphatic carbocycles. The van der Waals surface area contributed by atoms with Crippen molar-refractivity contribution in [2.24, 2.45) is 11.8 Å². The number of alkyl halides is 2. The van der Waals surface area contributed by atoms with Crippen molar-refractivity contribution in [2.75, 3.05) is 5.33 Å². The van der Waals surface area contributed by atoms with Crippen molar-refractivity contribution in [3.63, 3.8) is 0 Å². The summed E-state index contributed by atoms with van der Waals surface area (Å²) >= 11 is 7.42. The first-order chi connectivity index (χ1) is 7.15. The lowest BCUT2D eigenvalue weighted by atomic mass is 9.92. The molecule has 0 nitrogen and oxygen atoms in total. The second kappa shape index (κ2) is 10.1. The van der Waals surface area contributed by atoms with Crippen LogP contribution in [0, 0.1) is 11.8 Å². The van der Waals surface area contributed by atoms with Gasteiger partial charge in [0, 0.05) is 10.2 Å². The molecule has 3 atom stereocenters. The Labute approximate surface area is 113 Å². The number of rotatable bonds is 9. The van der Waals surface area contributed by atoms with Gasteiger partial charge in [-0.25, -0.2) is 0 Å². The van der Waals surface area contributed by atoms with E-state index in [1.165, 1.54) is 38.5 Å². The van der Waals surface area contributed by atoms with E-state index in [4.69, 9.17) is 0 Å². The molecule has 0 rings (SSSR count). The molecule has 0 fully saturated rings. The summed E-state index contributed by atoms with van der Waals surface area (Å²) in [6, 6.07) is 0. The molecule has 0 aromatic carbocycles. The quantitative estimate of drug-likeness (QED) is 0.466. The molecule has 0 bridgehead atoms. The molecule has 0 aromatic heterocycles. The fraction of sp³-hybridized carbons (Fsp3) is 1.00. The predicted octanol–water partition coefficient (Wildman–Crippen LogP) is 5.78. The fourth-order valence-corrected chi connectivity index (χ4v) is 3.09. The van der Waals surface area contributed by atoms with E-state index in [9.17, 15) is 0 Å². The van der Waals surface area contributed by atoms with Gasteiger partial charge in [0.25, 0.3) is 0 Å². The second-order valence-corrected chi connectivity index (χ2v) is 6.49. The highest BCUT2D eigenvalue weighted by molar-refractivity contribution is 9.09. The summed E-state index contributed by atoms with van der Waals surface area (Å²) in [7, 11) is 0.